The molecule has 1 aromatic heterocycles. The highest BCUT2D eigenvalue weighted by Crippen LogP contribution is 1.91. The minimum atomic E-state index is -1.83. The van der Waals surface area contributed by atoms with Gasteiger partial charge in [0.05, 0.1) is 0 Å². The van der Waals surface area contributed by atoms with E-state index in [1.54, 1.807) is 11.3 Å². The predicted octanol–water partition coefficient (Wildman–Crippen LogP) is 1.97. The van der Waals surface area contributed by atoms with Crippen LogP contribution in [0.3, 0.4) is 0 Å². The topological polar surface area (TPSA) is 57.5 Å². The van der Waals surface area contributed by atoms with Crippen molar-refractivity contribution >= 4 is 17.5 Å². The fourth-order valence-electron chi connectivity index (χ4n) is 0.227. The second kappa shape index (κ2) is 5.11. The van der Waals surface area contributed by atoms with Gasteiger partial charge >= 0.3 is 6.16 Å². The van der Waals surface area contributed by atoms with Gasteiger partial charge in [0.1, 0.15) is 0 Å². The van der Waals surface area contributed by atoms with Crippen LogP contribution in [0.15, 0.2) is 22.9 Å². The van der Waals surface area contributed by atoms with Crippen molar-refractivity contribution in [1.29, 1.82) is 0 Å². The van der Waals surface area contributed by atoms with Crippen LogP contribution in [0.2, 0.25) is 0 Å². The molecule has 0 amide bonds. The lowest BCUT2D eigenvalue weighted by Gasteiger charge is -1.60. The molecule has 0 aliphatic rings. The molecule has 4 heteroatoms. The average Bonchev–Trinajstić information content (AvgIpc) is 2.11. The van der Waals surface area contributed by atoms with E-state index < -0.39 is 6.16 Å². The molecular weight excluding hydrogens is 140 g/mol. The number of hydrogen-bond donors (Lipinski definition) is 2. The predicted molar refractivity (Wildman–Crippen MR) is 35.0 cm³/mol. The largest absolute Gasteiger partial charge is 0.503 e. The van der Waals surface area contributed by atoms with E-state index in [2.05, 4.69) is 0 Å². The van der Waals surface area contributed by atoms with E-state index >= 15 is 0 Å². The molecule has 0 spiro atoms. The molecule has 0 unspecified atom stereocenters. The van der Waals surface area contributed by atoms with E-state index in [0.29, 0.717) is 0 Å². The van der Waals surface area contributed by atoms with Gasteiger partial charge in [-0.1, -0.05) is 12.1 Å². The maximum atomic E-state index is 8.56. The summed E-state index contributed by atoms with van der Waals surface area (Å²) in [5.74, 6) is 0. The molecule has 0 atom stereocenters. The Morgan fingerprint density at radius 2 is 1.56 bits per heavy atom. The lowest BCUT2D eigenvalue weighted by Crippen LogP contribution is -1.81. The lowest BCUT2D eigenvalue weighted by atomic mass is 10.7. The van der Waals surface area contributed by atoms with Gasteiger partial charge < -0.3 is 10.2 Å². The third-order valence-electron chi connectivity index (χ3n) is 0.425. The Hall–Kier alpha value is -1.03. The lowest BCUT2D eigenvalue weighted by molar-refractivity contribution is 0.137. The first-order valence-corrected chi connectivity index (χ1v) is 3.07. The van der Waals surface area contributed by atoms with Gasteiger partial charge in [-0.15, -0.1) is 0 Å². The Labute approximate surface area is 56.2 Å². The Morgan fingerprint density at radius 1 is 1.22 bits per heavy atom. The highest BCUT2D eigenvalue weighted by molar-refractivity contribution is 7.07. The van der Waals surface area contributed by atoms with Gasteiger partial charge in [-0.2, -0.15) is 11.3 Å². The molecule has 0 saturated carbocycles. The number of rotatable bonds is 0. The van der Waals surface area contributed by atoms with Crippen molar-refractivity contribution < 1.29 is 15.0 Å². The summed E-state index contributed by atoms with van der Waals surface area (Å²) in [6, 6.07) is 4.04. The third kappa shape index (κ3) is 10.9. The summed E-state index contributed by atoms with van der Waals surface area (Å²) in [5.41, 5.74) is 0. The van der Waals surface area contributed by atoms with Gasteiger partial charge in [-0.05, 0) is 10.8 Å². The highest BCUT2D eigenvalue weighted by Gasteiger charge is 1.70. The minimum absolute atomic E-state index is 1.71. The van der Waals surface area contributed by atoms with Crippen LogP contribution in [0.5, 0.6) is 0 Å². The van der Waals surface area contributed by atoms with Gasteiger partial charge in [0.2, 0.25) is 0 Å². The van der Waals surface area contributed by atoms with Crippen LogP contribution in [0.1, 0.15) is 0 Å². The van der Waals surface area contributed by atoms with E-state index in [1.807, 2.05) is 22.9 Å². The van der Waals surface area contributed by atoms with Gasteiger partial charge in [0, 0.05) is 0 Å². The summed E-state index contributed by atoms with van der Waals surface area (Å²) in [6.07, 6.45) is -1.83. The Bertz CT molecular complexity index is 126. The first-order valence-electron chi connectivity index (χ1n) is 2.12. The van der Waals surface area contributed by atoms with Crippen molar-refractivity contribution in [1.82, 2.24) is 0 Å². The van der Waals surface area contributed by atoms with Crippen molar-refractivity contribution in [2.45, 2.75) is 0 Å². The number of hydrogen-bond acceptors (Lipinski definition) is 2. The van der Waals surface area contributed by atoms with Crippen LogP contribution in [0, 0.1) is 0 Å². The SMILES string of the molecule is O=C(O)O.c1ccsc1. The second-order valence-electron chi connectivity index (χ2n) is 1.08. The number of thiophene rings is 1. The van der Waals surface area contributed by atoms with E-state index in [-0.39, 0.29) is 0 Å². The standard InChI is InChI=1S/C4H4S.CH2O3/c1-2-4-5-3-1;2-1(3)4/h1-4H;(H2,2,3,4). The van der Waals surface area contributed by atoms with Crippen molar-refractivity contribution in [2.75, 3.05) is 0 Å². The van der Waals surface area contributed by atoms with Crippen LogP contribution in [-0.4, -0.2) is 16.4 Å². The Balaban J connectivity index is 0.000000148. The zero-order valence-electron chi connectivity index (χ0n) is 4.52. The van der Waals surface area contributed by atoms with Crippen LogP contribution in [-0.2, 0) is 0 Å². The molecule has 1 aromatic rings. The van der Waals surface area contributed by atoms with Crippen molar-refractivity contribution in [3.05, 3.63) is 22.9 Å². The third-order valence-corrected chi connectivity index (χ3v) is 1.05. The molecule has 0 bridgehead atoms. The molecule has 0 fully saturated rings. The summed E-state index contributed by atoms with van der Waals surface area (Å²) in [6.45, 7) is 0. The van der Waals surface area contributed by atoms with Gasteiger partial charge in [0.25, 0.3) is 0 Å². The number of carboxylic acid groups (broad SMARTS) is 2. The van der Waals surface area contributed by atoms with Gasteiger partial charge in [-0.25, -0.2) is 4.79 Å². The monoisotopic (exact) mass is 146 g/mol. The normalized spacial score (nSPS) is 7.11. The quantitative estimate of drug-likeness (QED) is 0.588. The molecule has 0 saturated heterocycles. The highest BCUT2D eigenvalue weighted by atomic mass is 32.1. The zero-order valence-corrected chi connectivity index (χ0v) is 5.34. The van der Waals surface area contributed by atoms with Crippen molar-refractivity contribution in [3.63, 3.8) is 0 Å². The molecule has 2 N–H and O–H groups in total. The zero-order chi connectivity index (χ0) is 7.11. The van der Waals surface area contributed by atoms with Crippen LogP contribution in [0.4, 0.5) is 4.79 Å². The molecule has 1 heterocycles. The Kier molecular flexibility index (Phi) is 4.53. The molecular formula is C5H6O3S. The molecule has 1 rings (SSSR count). The summed E-state index contributed by atoms with van der Waals surface area (Å²) >= 11 is 1.71. The van der Waals surface area contributed by atoms with E-state index in [0.717, 1.165) is 0 Å². The van der Waals surface area contributed by atoms with Crippen molar-refractivity contribution in [3.8, 4) is 0 Å². The molecule has 3 nitrogen and oxygen atoms in total. The fourth-order valence-corrected chi connectivity index (χ4v) is 0.680. The minimum Gasteiger partial charge on any atom is -0.450 e. The molecule has 50 valence electrons. The molecule has 0 aliphatic carbocycles. The van der Waals surface area contributed by atoms with E-state index in [1.165, 1.54) is 0 Å². The smallest absolute Gasteiger partial charge is 0.450 e. The Morgan fingerprint density at radius 3 is 1.67 bits per heavy atom. The molecule has 0 radical (unpaired) electrons. The van der Waals surface area contributed by atoms with Crippen molar-refractivity contribution in [2.24, 2.45) is 0 Å². The van der Waals surface area contributed by atoms with Gasteiger partial charge in [-0.3, -0.25) is 0 Å². The summed E-state index contributed by atoms with van der Waals surface area (Å²) in [4.78, 5) is 8.56. The summed E-state index contributed by atoms with van der Waals surface area (Å²) in [7, 11) is 0. The van der Waals surface area contributed by atoms with Crippen LogP contribution >= 0.6 is 11.3 Å². The van der Waals surface area contributed by atoms with Gasteiger partial charge in [0.15, 0.2) is 0 Å². The second-order valence-corrected chi connectivity index (χ2v) is 1.89. The molecule has 0 aromatic carbocycles. The fraction of sp³-hybridized carbons (Fsp3) is 0. The molecule has 0 aliphatic heterocycles. The van der Waals surface area contributed by atoms with Crippen LogP contribution < -0.4 is 0 Å². The molecule has 9 heavy (non-hydrogen) atoms. The maximum Gasteiger partial charge on any atom is 0.503 e. The summed E-state index contributed by atoms with van der Waals surface area (Å²) < 4.78 is 0. The summed E-state index contributed by atoms with van der Waals surface area (Å²) in [5, 5.41) is 18.0. The first-order chi connectivity index (χ1) is 4.23. The average molecular weight is 146 g/mol. The van der Waals surface area contributed by atoms with Crippen LogP contribution in [0.25, 0.3) is 0 Å². The maximum absolute atomic E-state index is 8.56. The number of carbonyl (C=O) groups is 1. The first kappa shape index (κ1) is 7.97. The van der Waals surface area contributed by atoms with E-state index in [9.17, 15) is 0 Å². The van der Waals surface area contributed by atoms with E-state index in [4.69, 9.17) is 15.0 Å².